The van der Waals surface area contributed by atoms with Crippen LogP contribution in [0, 0.1) is 0 Å². The molecular weight excluding hydrogens is 196 g/mol. The number of nitrogens with two attached hydrogens (primary N) is 2. The number of amides is 1. The van der Waals surface area contributed by atoms with Gasteiger partial charge in [-0.2, -0.15) is 0 Å². The first kappa shape index (κ1) is 10.9. The Labute approximate surface area is 87.9 Å². The first-order valence-electron chi connectivity index (χ1n) is 4.36. The van der Waals surface area contributed by atoms with E-state index in [4.69, 9.17) is 11.5 Å². The molecule has 0 saturated heterocycles. The Morgan fingerprint density at radius 1 is 1.43 bits per heavy atom. The van der Waals surface area contributed by atoms with Crippen LogP contribution >= 0.6 is 11.8 Å². The van der Waals surface area contributed by atoms with Gasteiger partial charge in [0.1, 0.15) is 0 Å². The average molecular weight is 210 g/mol. The number of hydrogen-bond acceptors (Lipinski definition) is 3. The van der Waals surface area contributed by atoms with E-state index in [2.05, 4.69) is 13.8 Å². The number of rotatable bonds is 3. The van der Waals surface area contributed by atoms with Crippen molar-refractivity contribution < 1.29 is 4.79 Å². The molecule has 0 radical (unpaired) electrons. The van der Waals surface area contributed by atoms with Crippen LogP contribution in [-0.2, 0) is 0 Å². The predicted molar refractivity (Wildman–Crippen MR) is 60.4 cm³/mol. The summed E-state index contributed by atoms with van der Waals surface area (Å²) >= 11 is 1.67. The number of nitrogen functional groups attached to an aromatic ring is 1. The maximum absolute atomic E-state index is 10.8. The first-order valence-corrected chi connectivity index (χ1v) is 5.24. The van der Waals surface area contributed by atoms with Gasteiger partial charge in [-0.3, -0.25) is 4.79 Å². The molecule has 0 atom stereocenters. The maximum atomic E-state index is 10.8. The largest absolute Gasteiger partial charge is 0.398 e. The Morgan fingerprint density at radius 3 is 2.50 bits per heavy atom. The third-order valence-corrected chi connectivity index (χ3v) is 2.75. The summed E-state index contributed by atoms with van der Waals surface area (Å²) in [5, 5.41) is 0.469. The van der Waals surface area contributed by atoms with Crippen molar-refractivity contribution >= 4 is 23.4 Å². The lowest BCUT2D eigenvalue weighted by Gasteiger charge is -2.08. The summed E-state index contributed by atoms with van der Waals surface area (Å²) in [5.74, 6) is -0.446. The number of hydrogen-bond donors (Lipinski definition) is 2. The molecule has 1 aromatic rings. The second-order valence-corrected chi connectivity index (χ2v) is 4.90. The van der Waals surface area contributed by atoms with Crippen molar-refractivity contribution in [2.75, 3.05) is 5.73 Å². The third-order valence-electron chi connectivity index (χ3n) is 1.66. The van der Waals surface area contributed by atoms with Gasteiger partial charge in [0.2, 0.25) is 5.91 Å². The van der Waals surface area contributed by atoms with E-state index in [1.807, 2.05) is 6.07 Å². The van der Waals surface area contributed by atoms with E-state index in [1.165, 1.54) is 0 Å². The Kier molecular flexibility index (Phi) is 3.41. The van der Waals surface area contributed by atoms with Gasteiger partial charge >= 0.3 is 0 Å². The number of carbonyl (C=O) groups excluding carboxylic acids is 1. The highest BCUT2D eigenvalue weighted by atomic mass is 32.2. The monoisotopic (exact) mass is 210 g/mol. The highest BCUT2D eigenvalue weighted by Gasteiger charge is 2.06. The van der Waals surface area contributed by atoms with Crippen LogP contribution in [0.25, 0.3) is 0 Å². The highest BCUT2D eigenvalue weighted by molar-refractivity contribution is 8.00. The van der Waals surface area contributed by atoms with Gasteiger partial charge in [0.15, 0.2) is 0 Å². The standard InChI is InChI=1S/C10H14N2OS/c1-6(2)14-9-4-3-7(10(12)13)5-8(9)11/h3-6H,11H2,1-2H3,(H2,12,13). The summed E-state index contributed by atoms with van der Waals surface area (Å²) in [6.45, 7) is 4.18. The summed E-state index contributed by atoms with van der Waals surface area (Å²) in [4.78, 5) is 11.8. The van der Waals surface area contributed by atoms with Gasteiger partial charge in [0.25, 0.3) is 0 Å². The van der Waals surface area contributed by atoms with Crippen LogP contribution in [-0.4, -0.2) is 11.2 Å². The second kappa shape index (κ2) is 4.37. The van der Waals surface area contributed by atoms with Gasteiger partial charge in [-0.1, -0.05) is 13.8 Å². The van der Waals surface area contributed by atoms with E-state index in [0.29, 0.717) is 16.5 Å². The number of primary amides is 1. The quantitative estimate of drug-likeness (QED) is 0.591. The minimum absolute atomic E-state index is 0.446. The maximum Gasteiger partial charge on any atom is 0.248 e. The normalized spacial score (nSPS) is 10.5. The Bertz CT molecular complexity index is 350. The Morgan fingerprint density at radius 2 is 2.07 bits per heavy atom. The molecule has 0 fully saturated rings. The molecule has 0 aromatic heterocycles. The van der Waals surface area contributed by atoms with Crippen LogP contribution < -0.4 is 11.5 Å². The molecule has 0 bridgehead atoms. The molecule has 4 N–H and O–H groups in total. The summed E-state index contributed by atoms with van der Waals surface area (Å²) in [6, 6.07) is 5.15. The minimum Gasteiger partial charge on any atom is -0.398 e. The van der Waals surface area contributed by atoms with E-state index < -0.39 is 5.91 Å². The van der Waals surface area contributed by atoms with E-state index >= 15 is 0 Å². The smallest absolute Gasteiger partial charge is 0.248 e. The Balaban J connectivity index is 2.95. The SMILES string of the molecule is CC(C)Sc1ccc(C(N)=O)cc1N. The average Bonchev–Trinajstić information content (AvgIpc) is 2.07. The molecule has 1 rings (SSSR count). The zero-order valence-electron chi connectivity index (χ0n) is 8.28. The van der Waals surface area contributed by atoms with Crippen molar-refractivity contribution in [1.29, 1.82) is 0 Å². The van der Waals surface area contributed by atoms with Gasteiger partial charge in [-0.15, -0.1) is 11.8 Å². The molecule has 0 aliphatic carbocycles. The summed E-state index contributed by atoms with van der Waals surface area (Å²) in [6.07, 6.45) is 0. The fourth-order valence-electron chi connectivity index (χ4n) is 1.06. The van der Waals surface area contributed by atoms with Gasteiger partial charge in [0.05, 0.1) is 0 Å². The molecule has 1 amide bonds. The van der Waals surface area contributed by atoms with Crippen molar-refractivity contribution in [3.63, 3.8) is 0 Å². The van der Waals surface area contributed by atoms with Crippen molar-refractivity contribution in [2.24, 2.45) is 5.73 Å². The van der Waals surface area contributed by atoms with E-state index in [9.17, 15) is 4.79 Å². The number of thioether (sulfide) groups is 1. The van der Waals surface area contributed by atoms with E-state index in [1.54, 1.807) is 23.9 Å². The molecule has 14 heavy (non-hydrogen) atoms. The molecule has 0 aliphatic heterocycles. The zero-order chi connectivity index (χ0) is 10.7. The first-order chi connectivity index (χ1) is 6.50. The molecule has 3 nitrogen and oxygen atoms in total. The fourth-order valence-corrected chi connectivity index (χ4v) is 1.91. The van der Waals surface area contributed by atoms with Crippen LogP contribution in [0.4, 0.5) is 5.69 Å². The van der Waals surface area contributed by atoms with Crippen LogP contribution in [0.15, 0.2) is 23.1 Å². The van der Waals surface area contributed by atoms with Crippen molar-refractivity contribution in [3.8, 4) is 0 Å². The third kappa shape index (κ3) is 2.67. The molecule has 4 heteroatoms. The van der Waals surface area contributed by atoms with Crippen molar-refractivity contribution in [1.82, 2.24) is 0 Å². The number of carbonyl (C=O) groups is 1. The fraction of sp³-hybridized carbons (Fsp3) is 0.300. The molecule has 0 heterocycles. The van der Waals surface area contributed by atoms with Gasteiger partial charge in [0, 0.05) is 21.4 Å². The topological polar surface area (TPSA) is 69.1 Å². The van der Waals surface area contributed by atoms with E-state index in [-0.39, 0.29) is 0 Å². The van der Waals surface area contributed by atoms with Crippen LogP contribution in [0.3, 0.4) is 0 Å². The lowest BCUT2D eigenvalue weighted by molar-refractivity contribution is 0.100. The lowest BCUT2D eigenvalue weighted by atomic mass is 10.2. The van der Waals surface area contributed by atoms with Gasteiger partial charge in [-0.25, -0.2) is 0 Å². The summed E-state index contributed by atoms with van der Waals surface area (Å²) in [5.41, 5.74) is 12.0. The molecule has 0 aliphatic rings. The van der Waals surface area contributed by atoms with Crippen molar-refractivity contribution in [2.45, 2.75) is 24.0 Å². The molecular formula is C10H14N2OS. The lowest BCUT2D eigenvalue weighted by Crippen LogP contribution is -2.11. The summed E-state index contributed by atoms with van der Waals surface area (Å²) < 4.78 is 0. The Hall–Kier alpha value is -1.16. The van der Waals surface area contributed by atoms with Crippen molar-refractivity contribution in [3.05, 3.63) is 23.8 Å². The van der Waals surface area contributed by atoms with Gasteiger partial charge in [-0.05, 0) is 18.2 Å². The molecule has 0 spiro atoms. The number of benzene rings is 1. The predicted octanol–water partition coefficient (Wildman–Crippen LogP) is 1.87. The molecule has 1 aromatic carbocycles. The van der Waals surface area contributed by atoms with Gasteiger partial charge < -0.3 is 11.5 Å². The van der Waals surface area contributed by atoms with Crippen LogP contribution in [0.1, 0.15) is 24.2 Å². The van der Waals surface area contributed by atoms with Crippen LogP contribution in [0.2, 0.25) is 0 Å². The number of anilines is 1. The van der Waals surface area contributed by atoms with Crippen LogP contribution in [0.5, 0.6) is 0 Å². The molecule has 0 unspecified atom stereocenters. The second-order valence-electron chi connectivity index (χ2n) is 3.28. The highest BCUT2D eigenvalue weighted by Crippen LogP contribution is 2.28. The molecule has 0 saturated carbocycles. The van der Waals surface area contributed by atoms with E-state index in [0.717, 1.165) is 4.90 Å². The molecule has 76 valence electrons. The minimum atomic E-state index is -0.446. The summed E-state index contributed by atoms with van der Waals surface area (Å²) in [7, 11) is 0. The zero-order valence-corrected chi connectivity index (χ0v) is 9.10.